The maximum Gasteiger partial charge on any atom is 1.00 e. The number of benzene rings is 2. The number of halogens is 4. The van der Waals surface area contributed by atoms with Crippen LogP contribution >= 0.6 is 46.4 Å². The fourth-order valence-electron chi connectivity index (χ4n) is 3.73. The molecule has 6 aromatic rings. The number of fused-ring (bicyclic) bond motifs is 2. The molecule has 0 saturated carbocycles. The summed E-state index contributed by atoms with van der Waals surface area (Å²) in [7, 11) is 3.12. The summed E-state index contributed by atoms with van der Waals surface area (Å²) in [5, 5.41) is 20.7. The summed E-state index contributed by atoms with van der Waals surface area (Å²) in [6.07, 6.45) is 6.93. The van der Waals surface area contributed by atoms with Crippen molar-refractivity contribution >= 4 is 74.2 Å². The van der Waals surface area contributed by atoms with Gasteiger partial charge in [0, 0.05) is 53.7 Å². The predicted octanol–water partition coefficient (Wildman–Crippen LogP) is 3.23. The van der Waals surface area contributed by atoms with E-state index in [1.165, 1.54) is 0 Å². The van der Waals surface area contributed by atoms with Gasteiger partial charge in [-0.15, -0.1) is 0 Å². The molecule has 0 saturated heterocycles. The van der Waals surface area contributed by atoms with Gasteiger partial charge in [-0.1, -0.05) is 46.4 Å². The fourth-order valence-corrected chi connectivity index (χ4v) is 4.80. The Morgan fingerprint density at radius 1 is 0.744 bits per heavy atom. The monoisotopic (exact) mass is 668 g/mol. The maximum atomic E-state index is 8.89. The van der Waals surface area contributed by atoms with E-state index < -0.39 is 5.97 Å². The first kappa shape index (κ1) is 34.4. The summed E-state index contributed by atoms with van der Waals surface area (Å²) in [5.74, 6) is 1.26. The number of carboxylic acids is 1. The smallest absolute Gasteiger partial charge is 0.550 e. The normalized spacial score (nSPS) is 10.2. The van der Waals surface area contributed by atoms with Crippen molar-refractivity contribution in [2.24, 2.45) is 0 Å². The van der Waals surface area contributed by atoms with Crippen molar-refractivity contribution in [2.75, 3.05) is 14.2 Å². The van der Waals surface area contributed by atoms with Gasteiger partial charge >= 0.3 is 29.6 Å². The van der Waals surface area contributed by atoms with Crippen LogP contribution in [-0.4, -0.2) is 49.7 Å². The van der Waals surface area contributed by atoms with Gasteiger partial charge in [-0.05, 0) is 43.3 Å². The first-order valence-electron chi connectivity index (χ1n) is 12.0. The molecule has 0 atom stereocenters. The van der Waals surface area contributed by atoms with Crippen LogP contribution in [0.5, 0.6) is 11.5 Å². The Morgan fingerprint density at radius 3 is 1.42 bits per heavy atom. The number of carboxylic acid groups (broad SMARTS) is 1. The van der Waals surface area contributed by atoms with Crippen LogP contribution < -0.4 is 44.1 Å². The largest absolute Gasteiger partial charge is 1.00 e. The molecule has 0 amide bonds. The van der Waals surface area contributed by atoms with Gasteiger partial charge < -0.3 is 19.4 Å². The molecule has 4 aromatic heterocycles. The fraction of sp³-hybridized carbons (Fsp3) is 0.107. The minimum Gasteiger partial charge on any atom is -0.550 e. The van der Waals surface area contributed by atoms with Gasteiger partial charge in [-0.3, -0.25) is 0 Å². The standard InChI is InChI=1S/2C13H9Cl2N3O.C2H4O2.Na/c2*1-19-10-4-3-8-9(14)7-11(17-13(8)12(10)15)18-6-2-5-16-18;1-2(3)4;/h2*2-7H,1H3;1H3,(H,3,4);/q;;;+1/p-1. The van der Waals surface area contributed by atoms with Crippen LogP contribution in [0, 0.1) is 0 Å². The second-order valence-electron chi connectivity index (χ2n) is 8.27. The van der Waals surface area contributed by atoms with Gasteiger partial charge in [0.15, 0.2) is 11.6 Å². The van der Waals surface area contributed by atoms with Crippen LogP contribution in [0.1, 0.15) is 6.92 Å². The molecule has 0 aliphatic rings. The Balaban J connectivity index is 0.000000206. The third kappa shape index (κ3) is 8.10. The van der Waals surface area contributed by atoms with E-state index >= 15 is 0 Å². The maximum absolute atomic E-state index is 8.89. The van der Waals surface area contributed by atoms with E-state index in [9.17, 15) is 0 Å². The first-order chi connectivity index (χ1) is 20.1. The van der Waals surface area contributed by atoms with Crippen molar-refractivity contribution in [1.29, 1.82) is 0 Å². The van der Waals surface area contributed by atoms with Gasteiger partial charge in [0.25, 0.3) is 0 Å². The number of carbonyl (C=O) groups is 1. The van der Waals surface area contributed by atoms with Gasteiger partial charge in [0.1, 0.15) is 21.5 Å². The summed E-state index contributed by atoms with van der Waals surface area (Å²) in [6, 6.07) is 14.3. The number of aromatic nitrogens is 6. The number of carbonyl (C=O) groups excluding carboxylic acids is 1. The molecule has 4 heterocycles. The van der Waals surface area contributed by atoms with E-state index in [4.69, 9.17) is 65.8 Å². The average molecular weight is 670 g/mol. The zero-order valence-corrected chi connectivity index (χ0v) is 28.3. The van der Waals surface area contributed by atoms with E-state index in [1.807, 2.05) is 24.3 Å². The van der Waals surface area contributed by atoms with E-state index in [-0.39, 0.29) is 29.6 Å². The van der Waals surface area contributed by atoms with Crippen molar-refractivity contribution in [1.82, 2.24) is 29.5 Å². The Bertz CT molecular complexity index is 1720. The second-order valence-corrected chi connectivity index (χ2v) is 9.84. The third-order valence-corrected chi connectivity index (χ3v) is 6.91. The van der Waals surface area contributed by atoms with Crippen molar-refractivity contribution in [3.8, 4) is 23.1 Å². The number of ether oxygens (including phenoxy) is 2. The molecular weight excluding hydrogens is 649 g/mol. The number of hydrogen-bond acceptors (Lipinski definition) is 8. The number of methoxy groups -OCH3 is 2. The number of nitrogens with zero attached hydrogens (tertiary/aromatic N) is 6. The molecule has 2 aromatic carbocycles. The minimum absolute atomic E-state index is 0. The third-order valence-electron chi connectivity index (χ3n) is 5.56. The van der Waals surface area contributed by atoms with Gasteiger partial charge in [0.2, 0.25) is 0 Å². The first-order valence-corrected chi connectivity index (χ1v) is 13.5. The van der Waals surface area contributed by atoms with E-state index in [0.29, 0.717) is 54.3 Å². The Morgan fingerprint density at radius 2 is 1.12 bits per heavy atom. The van der Waals surface area contributed by atoms with Crippen LogP contribution in [-0.2, 0) is 4.79 Å². The Hall–Kier alpha value is -3.09. The molecule has 0 aliphatic heterocycles. The van der Waals surface area contributed by atoms with Crippen molar-refractivity contribution in [2.45, 2.75) is 6.92 Å². The van der Waals surface area contributed by atoms with Crippen LogP contribution in [0.15, 0.2) is 73.3 Å². The van der Waals surface area contributed by atoms with E-state index in [1.54, 1.807) is 72.6 Å². The van der Waals surface area contributed by atoms with Crippen molar-refractivity contribution < 1.29 is 48.9 Å². The Kier molecular flexibility index (Phi) is 12.5. The van der Waals surface area contributed by atoms with Crippen molar-refractivity contribution in [3.05, 3.63) is 93.4 Å². The molecule has 0 unspecified atom stereocenters. The topological polar surface area (TPSA) is 120 Å². The van der Waals surface area contributed by atoms with Crippen LogP contribution in [0.4, 0.5) is 0 Å². The number of rotatable bonds is 4. The zero-order chi connectivity index (χ0) is 30.4. The van der Waals surface area contributed by atoms with Crippen molar-refractivity contribution in [3.63, 3.8) is 0 Å². The van der Waals surface area contributed by atoms with Gasteiger partial charge in [-0.25, -0.2) is 19.3 Å². The molecular formula is C28H21Cl4N6NaO4. The summed E-state index contributed by atoms with van der Waals surface area (Å²) < 4.78 is 13.6. The molecule has 10 nitrogen and oxygen atoms in total. The Labute approximate surface area is 288 Å². The molecule has 0 bridgehead atoms. The zero-order valence-electron chi connectivity index (χ0n) is 23.3. The van der Waals surface area contributed by atoms with E-state index in [2.05, 4.69) is 20.2 Å². The van der Waals surface area contributed by atoms with Gasteiger partial charge in [0.05, 0.1) is 35.3 Å². The minimum atomic E-state index is -1.08. The summed E-state index contributed by atoms with van der Waals surface area (Å²) in [6.45, 7) is 0.972. The summed E-state index contributed by atoms with van der Waals surface area (Å²) in [4.78, 5) is 17.9. The predicted molar refractivity (Wildman–Crippen MR) is 162 cm³/mol. The van der Waals surface area contributed by atoms with Crippen LogP contribution in [0.3, 0.4) is 0 Å². The number of aliphatic carboxylic acids is 1. The van der Waals surface area contributed by atoms with Crippen LogP contribution in [0.25, 0.3) is 33.4 Å². The van der Waals surface area contributed by atoms with E-state index in [0.717, 1.165) is 17.7 Å². The molecule has 6 rings (SSSR count). The summed E-state index contributed by atoms with van der Waals surface area (Å²) >= 11 is 25.1. The number of pyridine rings is 2. The molecule has 0 N–H and O–H groups in total. The molecule has 0 fully saturated rings. The average Bonchev–Trinajstić information content (AvgIpc) is 3.69. The molecule has 0 radical (unpaired) electrons. The summed E-state index contributed by atoms with van der Waals surface area (Å²) in [5.41, 5.74) is 1.19. The van der Waals surface area contributed by atoms with Gasteiger partial charge in [-0.2, -0.15) is 10.2 Å². The molecule has 0 spiro atoms. The SMILES string of the molecule is CC(=O)[O-].COc1ccc2c(Cl)cc(-n3cccn3)nc2c1Cl.COc1ccc2c(Cl)cc(-n3cccn3)nc2c1Cl.[Na+]. The second kappa shape index (κ2) is 15.6. The number of hydrogen-bond donors (Lipinski definition) is 0. The molecule has 216 valence electrons. The molecule has 15 heteroatoms. The quantitative estimate of drug-likeness (QED) is 0.263. The van der Waals surface area contributed by atoms with Crippen LogP contribution in [0.2, 0.25) is 20.1 Å². The molecule has 0 aliphatic carbocycles. The molecule has 43 heavy (non-hydrogen) atoms.